The SMILES string of the molecule is Cc1ccc2c(c1)CCN2C(=O)c1ccc(Cl)c(Cl)c1. The molecule has 0 aromatic heterocycles. The molecule has 0 fully saturated rings. The monoisotopic (exact) mass is 305 g/mol. The minimum Gasteiger partial charge on any atom is -0.308 e. The number of anilines is 1. The number of hydrogen-bond acceptors (Lipinski definition) is 1. The molecule has 1 aliphatic heterocycles. The number of benzene rings is 2. The molecule has 3 rings (SSSR count). The number of carbonyl (C=O) groups is 1. The van der Waals surface area contributed by atoms with Crippen LogP contribution in [0.3, 0.4) is 0 Å². The summed E-state index contributed by atoms with van der Waals surface area (Å²) in [6.07, 6.45) is 0.893. The maximum atomic E-state index is 12.6. The van der Waals surface area contributed by atoms with Gasteiger partial charge in [-0.3, -0.25) is 4.79 Å². The van der Waals surface area contributed by atoms with Crippen LogP contribution in [-0.2, 0) is 6.42 Å². The summed E-state index contributed by atoms with van der Waals surface area (Å²) in [5.41, 5.74) is 3.99. The molecule has 0 saturated carbocycles. The first-order valence-electron chi connectivity index (χ1n) is 6.43. The second kappa shape index (κ2) is 5.12. The minimum atomic E-state index is -0.0360. The van der Waals surface area contributed by atoms with Gasteiger partial charge in [-0.1, -0.05) is 40.9 Å². The van der Waals surface area contributed by atoms with Crippen molar-refractivity contribution in [2.45, 2.75) is 13.3 Å². The third-order valence-electron chi connectivity index (χ3n) is 3.54. The van der Waals surface area contributed by atoms with Gasteiger partial charge in [0.05, 0.1) is 10.0 Å². The number of aryl methyl sites for hydroxylation is 1. The van der Waals surface area contributed by atoms with Crippen molar-refractivity contribution >= 4 is 34.8 Å². The summed E-state index contributed by atoms with van der Waals surface area (Å²) in [6.45, 7) is 2.77. The van der Waals surface area contributed by atoms with Gasteiger partial charge < -0.3 is 4.90 Å². The Morgan fingerprint density at radius 3 is 2.65 bits per heavy atom. The quantitative estimate of drug-likeness (QED) is 0.759. The number of nitrogens with zero attached hydrogens (tertiary/aromatic N) is 1. The Labute approximate surface area is 127 Å². The maximum Gasteiger partial charge on any atom is 0.258 e. The Kier molecular flexibility index (Phi) is 3.45. The number of hydrogen-bond donors (Lipinski definition) is 0. The molecule has 0 N–H and O–H groups in total. The lowest BCUT2D eigenvalue weighted by molar-refractivity contribution is 0.0989. The largest absolute Gasteiger partial charge is 0.308 e. The van der Waals surface area contributed by atoms with Crippen LogP contribution < -0.4 is 4.90 Å². The van der Waals surface area contributed by atoms with E-state index < -0.39 is 0 Å². The van der Waals surface area contributed by atoms with Gasteiger partial charge in [-0.25, -0.2) is 0 Å². The number of amides is 1. The molecule has 20 heavy (non-hydrogen) atoms. The fourth-order valence-corrected chi connectivity index (χ4v) is 2.82. The topological polar surface area (TPSA) is 20.3 Å². The molecular weight excluding hydrogens is 293 g/mol. The molecule has 0 bridgehead atoms. The molecule has 1 aliphatic rings. The summed E-state index contributed by atoms with van der Waals surface area (Å²) in [6, 6.07) is 11.2. The van der Waals surface area contributed by atoms with E-state index in [2.05, 4.69) is 13.0 Å². The van der Waals surface area contributed by atoms with E-state index in [1.165, 1.54) is 11.1 Å². The molecule has 2 aromatic carbocycles. The van der Waals surface area contributed by atoms with Gasteiger partial charge in [0.2, 0.25) is 0 Å². The van der Waals surface area contributed by atoms with Crippen LogP contribution in [0.2, 0.25) is 10.0 Å². The molecule has 0 radical (unpaired) electrons. The zero-order valence-corrected chi connectivity index (χ0v) is 12.5. The normalized spacial score (nSPS) is 13.4. The van der Waals surface area contributed by atoms with Gasteiger partial charge in [-0.15, -0.1) is 0 Å². The van der Waals surface area contributed by atoms with Gasteiger partial charge in [0.25, 0.3) is 5.91 Å². The third-order valence-corrected chi connectivity index (χ3v) is 4.28. The smallest absolute Gasteiger partial charge is 0.258 e. The van der Waals surface area contributed by atoms with E-state index in [9.17, 15) is 4.79 Å². The second-order valence-electron chi connectivity index (χ2n) is 4.97. The molecule has 2 aromatic rings. The average Bonchev–Trinajstić information content (AvgIpc) is 2.84. The van der Waals surface area contributed by atoms with Crippen LogP contribution >= 0.6 is 23.2 Å². The molecule has 4 heteroatoms. The van der Waals surface area contributed by atoms with E-state index >= 15 is 0 Å². The van der Waals surface area contributed by atoms with Gasteiger partial charge in [-0.05, 0) is 43.2 Å². The first-order valence-corrected chi connectivity index (χ1v) is 7.18. The van der Waals surface area contributed by atoms with Crippen LogP contribution in [0, 0.1) is 6.92 Å². The fraction of sp³-hybridized carbons (Fsp3) is 0.188. The summed E-state index contributed by atoms with van der Waals surface area (Å²) >= 11 is 11.9. The van der Waals surface area contributed by atoms with Gasteiger partial charge >= 0.3 is 0 Å². The highest BCUT2D eigenvalue weighted by molar-refractivity contribution is 6.42. The summed E-state index contributed by atoms with van der Waals surface area (Å²) < 4.78 is 0. The van der Waals surface area contributed by atoms with Crippen molar-refractivity contribution in [3.05, 3.63) is 63.1 Å². The highest BCUT2D eigenvalue weighted by atomic mass is 35.5. The van der Waals surface area contributed by atoms with Crippen molar-refractivity contribution < 1.29 is 4.79 Å². The third kappa shape index (κ3) is 2.30. The molecule has 0 aliphatic carbocycles. The van der Waals surface area contributed by atoms with Gasteiger partial charge in [0, 0.05) is 17.8 Å². The van der Waals surface area contributed by atoms with Crippen LogP contribution in [0.25, 0.3) is 0 Å². The summed E-state index contributed by atoms with van der Waals surface area (Å²) in [4.78, 5) is 14.4. The molecular formula is C16H13Cl2NO. The van der Waals surface area contributed by atoms with Gasteiger partial charge in [0.1, 0.15) is 0 Å². The minimum absolute atomic E-state index is 0.0360. The first kappa shape index (κ1) is 13.5. The van der Waals surface area contributed by atoms with E-state index in [0.717, 1.165) is 12.1 Å². The molecule has 1 amide bonds. The molecule has 0 atom stereocenters. The zero-order valence-electron chi connectivity index (χ0n) is 11.0. The molecule has 0 saturated heterocycles. The van der Waals surface area contributed by atoms with Crippen LogP contribution in [0.1, 0.15) is 21.5 Å². The van der Waals surface area contributed by atoms with Crippen LogP contribution in [0.4, 0.5) is 5.69 Å². The Balaban J connectivity index is 1.95. The van der Waals surface area contributed by atoms with E-state index in [-0.39, 0.29) is 5.91 Å². The van der Waals surface area contributed by atoms with Crippen molar-refractivity contribution in [2.24, 2.45) is 0 Å². The number of halogens is 2. The Bertz CT molecular complexity index is 697. The predicted molar refractivity (Wildman–Crippen MR) is 83.0 cm³/mol. The number of carbonyl (C=O) groups excluding carboxylic acids is 1. The lowest BCUT2D eigenvalue weighted by atomic mass is 10.1. The van der Waals surface area contributed by atoms with Crippen LogP contribution in [-0.4, -0.2) is 12.5 Å². The maximum absolute atomic E-state index is 12.6. The van der Waals surface area contributed by atoms with Gasteiger partial charge in [-0.2, -0.15) is 0 Å². The zero-order chi connectivity index (χ0) is 14.3. The van der Waals surface area contributed by atoms with E-state index in [1.54, 1.807) is 23.1 Å². The molecule has 102 valence electrons. The Hall–Kier alpha value is -1.51. The second-order valence-corrected chi connectivity index (χ2v) is 5.78. The highest BCUT2D eigenvalue weighted by Gasteiger charge is 2.25. The van der Waals surface area contributed by atoms with E-state index in [0.29, 0.717) is 22.2 Å². The predicted octanol–water partition coefficient (Wildman–Crippen LogP) is 4.50. The molecule has 2 nitrogen and oxygen atoms in total. The fourth-order valence-electron chi connectivity index (χ4n) is 2.53. The van der Waals surface area contributed by atoms with Crippen molar-refractivity contribution in [1.29, 1.82) is 0 Å². The van der Waals surface area contributed by atoms with E-state index in [4.69, 9.17) is 23.2 Å². The van der Waals surface area contributed by atoms with Crippen molar-refractivity contribution in [3.63, 3.8) is 0 Å². The standard InChI is InChI=1S/C16H13Cl2NO/c1-10-2-5-15-11(8-10)6-7-19(15)16(20)12-3-4-13(17)14(18)9-12/h2-5,8-9H,6-7H2,1H3. The average molecular weight is 306 g/mol. The van der Waals surface area contributed by atoms with Crippen molar-refractivity contribution in [1.82, 2.24) is 0 Å². The lowest BCUT2D eigenvalue weighted by Crippen LogP contribution is -2.28. The first-order chi connectivity index (χ1) is 9.56. The van der Waals surface area contributed by atoms with Crippen molar-refractivity contribution in [3.8, 4) is 0 Å². The Morgan fingerprint density at radius 1 is 1.10 bits per heavy atom. The van der Waals surface area contributed by atoms with Crippen LogP contribution in [0.5, 0.6) is 0 Å². The molecule has 0 spiro atoms. The summed E-state index contributed by atoms with van der Waals surface area (Å²) in [5.74, 6) is -0.0360. The van der Waals surface area contributed by atoms with E-state index in [1.807, 2.05) is 12.1 Å². The lowest BCUT2D eigenvalue weighted by Gasteiger charge is -2.17. The number of fused-ring (bicyclic) bond motifs is 1. The molecule has 1 heterocycles. The summed E-state index contributed by atoms with van der Waals surface area (Å²) in [5, 5.41) is 0.863. The highest BCUT2D eigenvalue weighted by Crippen LogP contribution is 2.31. The van der Waals surface area contributed by atoms with Gasteiger partial charge in [0.15, 0.2) is 0 Å². The number of rotatable bonds is 1. The Morgan fingerprint density at radius 2 is 1.90 bits per heavy atom. The van der Waals surface area contributed by atoms with Crippen LogP contribution in [0.15, 0.2) is 36.4 Å². The summed E-state index contributed by atoms with van der Waals surface area (Å²) in [7, 11) is 0. The molecule has 0 unspecified atom stereocenters. The van der Waals surface area contributed by atoms with Crippen molar-refractivity contribution in [2.75, 3.05) is 11.4 Å².